The van der Waals surface area contributed by atoms with Crippen molar-refractivity contribution in [3.63, 3.8) is 0 Å². The lowest BCUT2D eigenvalue weighted by Crippen LogP contribution is -2.16. The van der Waals surface area contributed by atoms with Crippen LogP contribution in [0.5, 0.6) is 0 Å². The number of nitriles is 3. The zero-order valence-electron chi connectivity index (χ0n) is 48.8. The first-order chi connectivity index (χ1) is 40.0. The van der Waals surface area contributed by atoms with E-state index in [1.54, 1.807) is 0 Å². The van der Waals surface area contributed by atoms with Crippen LogP contribution in [0.4, 0.5) is 0 Å². The average Bonchev–Trinajstić information content (AvgIpc) is 2.14. The number of hydrogen-bond acceptors (Lipinski definition) is 3. The summed E-state index contributed by atoms with van der Waals surface area (Å²) in [6, 6.07) is 75.7. The quantitative estimate of drug-likeness (QED) is 0.144. The van der Waals surface area contributed by atoms with E-state index < -0.39 is 0 Å². The van der Waals surface area contributed by atoms with Crippen LogP contribution in [0.2, 0.25) is 0 Å². The molecular weight excluding hydrogens is 1010 g/mol. The van der Waals surface area contributed by atoms with Crippen LogP contribution in [0.1, 0.15) is 94.6 Å². The summed E-state index contributed by atoms with van der Waals surface area (Å²) < 4.78 is 6.49. The van der Waals surface area contributed by atoms with Crippen molar-refractivity contribution in [3.05, 3.63) is 244 Å². The third-order valence-electron chi connectivity index (χ3n) is 17.3. The fourth-order valence-electron chi connectivity index (χ4n) is 11.7. The predicted octanol–water partition coefficient (Wildman–Crippen LogP) is 20.5. The van der Waals surface area contributed by atoms with Gasteiger partial charge in [0.15, 0.2) is 0 Å². The Morgan fingerprint density at radius 3 is 0.807 bits per heavy atom. The molecule has 9 aromatic carbocycles. The molecule has 0 aliphatic carbocycles. The molecule has 0 saturated heterocycles. The molecule has 0 aliphatic rings. The summed E-state index contributed by atoms with van der Waals surface area (Å²) in [6.07, 6.45) is 4.48. The molecule has 0 atom stereocenters. The standard InChI is InChI=1S/C77H64N6/c1-48(76(5,6)7)39-67-50(3)51(4)68(40-49(2)77(8,9)10)81(67)73-64(45-78)74(82-69-41-56(52-23-15-11-16-24-52)31-35-60(69)61-36-32-57(42-70(61)82)53-25-17-12-18-26-53)66(47-80)75(65(73)46-79)83-71-43-58(54-27-19-13-20-28-54)33-37-62(71)63-38-34-59(44-72(63)83)55-29-21-14-22-30-55/h11-44H,1-10H3/b48-39+,49-40+. The SMILES string of the molecule is C/C(=C\c1c(C)c(C)c(/C=C(\C)C(C)(C)C)n1-c1c(C#N)c(-n2c3cc(-c4ccccc4)ccc3c3ccc(-c4ccccc4)cc32)c(C#N)c(-n2c3cc(-c4ccccc4)ccc3c3ccc(-c4ccccc4)cc32)c1C#N)C(C)(C)C. The molecule has 83 heavy (non-hydrogen) atoms. The molecule has 3 heterocycles. The molecule has 0 bridgehead atoms. The Balaban J connectivity index is 1.37. The highest BCUT2D eigenvalue weighted by Gasteiger charge is 2.34. The highest BCUT2D eigenvalue weighted by Crippen LogP contribution is 2.47. The predicted molar refractivity (Wildman–Crippen MR) is 346 cm³/mol. The Morgan fingerprint density at radius 2 is 0.578 bits per heavy atom. The van der Waals surface area contributed by atoms with Crippen molar-refractivity contribution in [2.75, 3.05) is 0 Å². The van der Waals surface area contributed by atoms with Crippen LogP contribution in [-0.2, 0) is 0 Å². The topological polar surface area (TPSA) is 86.2 Å². The molecule has 12 aromatic rings. The molecule has 3 aromatic heterocycles. The molecule has 6 nitrogen and oxygen atoms in total. The zero-order chi connectivity index (χ0) is 58.1. The number of nitrogens with zero attached hydrogens (tertiary/aromatic N) is 6. The van der Waals surface area contributed by atoms with Gasteiger partial charge in [0.1, 0.15) is 34.9 Å². The molecule has 0 aliphatic heterocycles. The van der Waals surface area contributed by atoms with Crippen molar-refractivity contribution in [2.45, 2.75) is 69.2 Å². The highest BCUT2D eigenvalue weighted by atomic mass is 15.1. The van der Waals surface area contributed by atoms with Gasteiger partial charge in [0.2, 0.25) is 0 Å². The summed E-state index contributed by atoms with van der Waals surface area (Å²) in [4.78, 5) is 0. The Labute approximate surface area is 487 Å². The van der Waals surface area contributed by atoms with Crippen molar-refractivity contribution in [3.8, 4) is 79.8 Å². The van der Waals surface area contributed by atoms with Crippen molar-refractivity contribution >= 4 is 55.8 Å². The molecule has 0 fully saturated rings. The van der Waals surface area contributed by atoms with Gasteiger partial charge >= 0.3 is 0 Å². The Morgan fingerprint density at radius 1 is 0.337 bits per heavy atom. The summed E-state index contributed by atoms with van der Waals surface area (Å²) in [5, 5.41) is 41.5. The second kappa shape index (κ2) is 20.7. The van der Waals surface area contributed by atoms with Gasteiger partial charge in [-0.1, -0.05) is 223 Å². The first kappa shape index (κ1) is 53.5. The molecule has 0 spiro atoms. The molecule has 0 radical (unpaired) electrons. The van der Waals surface area contributed by atoms with E-state index in [1.807, 2.05) is 72.8 Å². The summed E-state index contributed by atoms with van der Waals surface area (Å²) in [5.41, 5.74) is 18.6. The summed E-state index contributed by atoms with van der Waals surface area (Å²) in [7, 11) is 0. The van der Waals surface area contributed by atoms with Crippen LogP contribution in [-0.4, -0.2) is 13.7 Å². The van der Waals surface area contributed by atoms with Crippen molar-refractivity contribution in [1.82, 2.24) is 13.7 Å². The summed E-state index contributed by atoms with van der Waals surface area (Å²) >= 11 is 0. The largest absolute Gasteiger partial charge is 0.307 e. The third-order valence-corrected chi connectivity index (χ3v) is 17.3. The van der Waals surface area contributed by atoms with Crippen LogP contribution >= 0.6 is 0 Å². The van der Waals surface area contributed by atoms with Crippen molar-refractivity contribution < 1.29 is 0 Å². The van der Waals surface area contributed by atoms with E-state index >= 15 is 0 Å². The van der Waals surface area contributed by atoms with Gasteiger partial charge in [-0.2, -0.15) is 15.8 Å². The summed E-state index contributed by atoms with van der Waals surface area (Å²) in [5.74, 6) is 0. The second-order valence-corrected chi connectivity index (χ2v) is 24.1. The van der Waals surface area contributed by atoms with Crippen LogP contribution < -0.4 is 0 Å². The molecule has 0 saturated carbocycles. The molecule has 12 rings (SSSR count). The Hall–Kier alpha value is -10.2. The van der Waals surface area contributed by atoms with E-state index in [2.05, 4.69) is 235 Å². The van der Waals surface area contributed by atoms with Crippen LogP contribution in [0, 0.1) is 58.7 Å². The van der Waals surface area contributed by atoms with E-state index in [-0.39, 0.29) is 27.5 Å². The van der Waals surface area contributed by atoms with Gasteiger partial charge in [0.25, 0.3) is 0 Å². The molecule has 0 unspecified atom stereocenters. The van der Waals surface area contributed by atoms with Gasteiger partial charge in [0, 0.05) is 32.9 Å². The smallest absolute Gasteiger partial charge is 0.104 e. The number of rotatable bonds is 9. The second-order valence-electron chi connectivity index (χ2n) is 24.1. The van der Waals surface area contributed by atoms with Gasteiger partial charge in [-0.05, 0) is 131 Å². The molecule has 0 N–H and O–H groups in total. The van der Waals surface area contributed by atoms with Crippen molar-refractivity contribution in [1.29, 1.82) is 15.8 Å². The maximum Gasteiger partial charge on any atom is 0.104 e. The molecular formula is C77H64N6. The lowest BCUT2D eigenvalue weighted by molar-refractivity contribution is 0.507. The minimum atomic E-state index is -0.227. The maximum atomic E-state index is 12.6. The van der Waals surface area contributed by atoms with Crippen molar-refractivity contribution in [2.24, 2.45) is 10.8 Å². The third kappa shape index (κ3) is 9.13. The van der Waals surface area contributed by atoms with E-state index in [4.69, 9.17) is 0 Å². The highest BCUT2D eigenvalue weighted by molar-refractivity contribution is 6.14. The van der Waals surface area contributed by atoms with Gasteiger partial charge in [-0.3, -0.25) is 0 Å². The first-order valence-corrected chi connectivity index (χ1v) is 28.4. The minimum absolute atomic E-state index is 0.191. The number of fused-ring (bicyclic) bond motifs is 6. The lowest BCUT2D eigenvalue weighted by Gasteiger charge is -2.26. The number of aromatic nitrogens is 3. The average molecular weight is 1070 g/mol. The van der Waals surface area contributed by atoms with E-state index in [0.717, 1.165) is 122 Å². The normalized spacial score (nSPS) is 12.3. The van der Waals surface area contributed by atoms with Gasteiger partial charge in [-0.15, -0.1) is 0 Å². The fraction of sp³-hybridized carbons (Fsp3) is 0.156. The lowest BCUT2D eigenvalue weighted by atomic mass is 9.86. The Bertz CT molecular complexity index is 4290. The number of hydrogen-bond donors (Lipinski definition) is 0. The number of benzene rings is 9. The van der Waals surface area contributed by atoms with Crippen LogP contribution in [0.15, 0.2) is 205 Å². The minimum Gasteiger partial charge on any atom is -0.307 e. The van der Waals surface area contributed by atoms with E-state index in [0.29, 0.717) is 17.1 Å². The maximum absolute atomic E-state index is 12.6. The molecule has 0 amide bonds. The van der Waals surface area contributed by atoms with Crippen LogP contribution in [0.25, 0.3) is 117 Å². The fourth-order valence-corrected chi connectivity index (χ4v) is 11.7. The Kier molecular flexibility index (Phi) is 13.3. The zero-order valence-corrected chi connectivity index (χ0v) is 48.8. The first-order valence-electron chi connectivity index (χ1n) is 28.4. The van der Waals surface area contributed by atoms with E-state index in [9.17, 15) is 15.8 Å². The van der Waals surface area contributed by atoms with Gasteiger partial charge < -0.3 is 13.7 Å². The van der Waals surface area contributed by atoms with E-state index in [1.165, 1.54) is 0 Å². The monoisotopic (exact) mass is 1070 g/mol. The van der Waals surface area contributed by atoms with Gasteiger partial charge in [0.05, 0.1) is 39.1 Å². The number of allylic oxidation sites excluding steroid dienone is 2. The molecule has 402 valence electrons. The van der Waals surface area contributed by atoms with Gasteiger partial charge in [-0.25, -0.2) is 0 Å². The summed E-state index contributed by atoms with van der Waals surface area (Å²) in [6.45, 7) is 21.9. The van der Waals surface area contributed by atoms with Crippen LogP contribution in [0.3, 0.4) is 0 Å². The molecule has 6 heteroatoms.